The molecule has 1 radical (unpaired) electrons. The molecule has 1 rings (SSSR count). The van der Waals surface area contributed by atoms with Crippen molar-refractivity contribution in [2.45, 2.75) is 26.3 Å². The van der Waals surface area contributed by atoms with Gasteiger partial charge in [-0.2, -0.15) is 0 Å². The van der Waals surface area contributed by atoms with E-state index in [0.29, 0.717) is 6.61 Å². The predicted molar refractivity (Wildman–Crippen MR) is 73.7 cm³/mol. The molecule has 0 saturated carbocycles. The van der Waals surface area contributed by atoms with Crippen LogP contribution in [0.15, 0.2) is 18.2 Å². The molecule has 0 fully saturated rings. The van der Waals surface area contributed by atoms with Gasteiger partial charge < -0.3 is 0 Å². The molecule has 0 amide bonds. The first-order valence-electron chi connectivity index (χ1n) is 5.72. The molecule has 2 atom stereocenters. The molecule has 1 aromatic carbocycles. The molecular weight excluding hydrogens is 252 g/mol. The van der Waals surface area contributed by atoms with Crippen molar-refractivity contribution in [3.05, 3.63) is 29.6 Å². The second-order valence-corrected chi connectivity index (χ2v) is 4.91. The Labute approximate surface area is 111 Å². The van der Waals surface area contributed by atoms with Crippen LogP contribution in [0.2, 0.25) is 0 Å². The number of halogens is 1. The number of hydrogen-bond donors (Lipinski definition) is 1. The predicted octanol–water partition coefficient (Wildman–Crippen LogP) is 1.86. The Morgan fingerprint density at radius 1 is 1.61 bits per heavy atom. The van der Waals surface area contributed by atoms with Gasteiger partial charge in [0.1, 0.15) is 0 Å². The number of nitrogens with one attached hydrogen (secondary N) is 1. The van der Waals surface area contributed by atoms with Gasteiger partial charge in [-0.15, -0.1) is 0 Å². The van der Waals surface area contributed by atoms with Gasteiger partial charge in [-0.3, -0.25) is 0 Å². The van der Waals surface area contributed by atoms with Crippen molar-refractivity contribution in [1.29, 1.82) is 0 Å². The summed E-state index contributed by atoms with van der Waals surface area (Å²) in [6.07, 6.45) is 0.809. The number of rotatable bonds is 7. The molecule has 0 saturated heterocycles. The minimum absolute atomic E-state index is 0.213. The molecule has 0 bridgehead atoms. The Kier molecular flexibility index (Phi) is 6.39. The van der Waals surface area contributed by atoms with Gasteiger partial charge in [-0.1, -0.05) is 0 Å². The van der Waals surface area contributed by atoms with E-state index in [1.807, 2.05) is 13.8 Å². The zero-order chi connectivity index (χ0) is 13.5. The second-order valence-electron chi connectivity index (χ2n) is 3.81. The summed E-state index contributed by atoms with van der Waals surface area (Å²) in [5.41, 5.74) is 0.790. The van der Waals surface area contributed by atoms with Crippen LogP contribution in [0, 0.1) is 5.82 Å². The molecule has 0 aliphatic heterocycles. The molecule has 0 heterocycles. The Bertz CT molecular complexity index is 406. The standard InChI is InChI=1S/C12H16BFNO2S/c1-3-6-17-12-7-10(4-5-11(12)14)9(2)15-18(16)8-13/h4-5,7-9,15H,3,6H2,1-2H3/t9-,18?/m0/s1. The molecule has 6 heteroatoms. The van der Waals surface area contributed by atoms with Crippen LogP contribution in [0.3, 0.4) is 0 Å². The molecule has 97 valence electrons. The third kappa shape index (κ3) is 4.44. The van der Waals surface area contributed by atoms with Crippen LogP contribution >= 0.6 is 0 Å². The molecule has 18 heavy (non-hydrogen) atoms. The molecule has 0 aliphatic rings. The van der Waals surface area contributed by atoms with Gasteiger partial charge >= 0.3 is 111 Å². The van der Waals surface area contributed by atoms with E-state index in [1.54, 1.807) is 12.1 Å². The summed E-state index contributed by atoms with van der Waals surface area (Å²) >= 11 is -1.41. The third-order valence-electron chi connectivity index (χ3n) is 2.33. The summed E-state index contributed by atoms with van der Waals surface area (Å²) in [7, 11) is 5.15. The van der Waals surface area contributed by atoms with Crippen LogP contribution in [-0.2, 0) is 11.4 Å². The fraction of sp³-hybridized carbons (Fsp3) is 0.417. The van der Waals surface area contributed by atoms with Crippen LogP contribution in [0.1, 0.15) is 31.9 Å². The normalized spacial score (nSPS) is 13.9. The van der Waals surface area contributed by atoms with E-state index >= 15 is 0 Å². The van der Waals surface area contributed by atoms with Gasteiger partial charge in [0.25, 0.3) is 0 Å². The molecule has 0 aromatic heterocycles. The third-order valence-corrected chi connectivity index (χ3v) is 3.17. The maximum atomic E-state index is 13.5. The average Bonchev–Trinajstić information content (AvgIpc) is 2.37. The van der Waals surface area contributed by atoms with Crippen molar-refractivity contribution >= 4 is 24.1 Å². The Balaban J connectivity index is 2.79. The fourth-order valence-electron chi connectivity index (χ4n) is 1.39. The van der Waals surface area contributed by atoms with Crippen LogP contribution in [0.5, 0.6) is 5.75 Å². The zero-order valence-electron chi connectivity index (χ0n) is 10.5. The van der Waals surface area contributed by atoms with Crippen molar-refractivity contribution in [2.75, 3.05) is 6.61 Å². The zero-order valence-corrected chi connectivity index (χ0v) is 11.3. The van der Waals surface area contributed by atoms with Gasteiger partial charge in [0.2, 0.25) is 0 Å². The van der Waals surface area contributed by atoms with Crippen LogP contribution < -0.4 is 9.46 Å². The van der Waals surface area contributed by atoms with E-state index in [-0.39, 0.29) is 11.8 Å². The molecule has 3 nitrogen and oxygen atoms in total. The maximum absolute atomic E-state index is 13.5. The number of benzene rings is 1. The van der Waals surface area contributed by atoms with Gasteiger partial charge in [-0.05, 0) is 0 Å². The topological polar surface area (TPSA) is 44.3 Å². The van der Waals surface area contributed by atoms with E-state index in [2.05, 4.69) is 4.72 Å². The van der Waals surface area contributed by atoms with Gasteiger partial charge in [-0.25, -0.2) is 0 Å². The molecular formula is C12H16BFNO2S. The van der Waals surface area contributed by atoms with Crippen LogP contribution in [0.4, 0.5) is 4.39 Å². The molecule has 1 N–H and O–H groups in total. The molecule has 0 aliphatic carbocycles. The van der Waals surface area contributed by atoms with Crippen molar-refractivity contribution in [3.8, 4) is 5.75 Å². The Hall–Kier alpha value is -0.845. The summed E-state index contributed by atoms with van der Waals surface area (Å²) in [6, 6.07) is 4.36. The van der Waals surface area contributed by atoms with Crippen molar-refractivity contribution in [1.82, 2.24) is 4.72 Å². The van der Waals surface area contributed by atoms with E-state index in [0.717, 1.165) is 17.3 Å². The number of ether oxygens (including phenoxy) is 1. The van der Waals surface area contributed by atoms with Crippen molar-refractivity contribution < 1.29 is 13.7 Å². The van der Waals surface area contributed by atoms with Gasteiger partial charge in [0.15, 0.2) is 0 Å². The number of hydrogen-bond acceptors (Lipinski definition) is 3. The van der Waals surface area contributed by atoms with E-state index < -0.39 is 17.2 Å². The van der Waals surface area contributed by atoms with Crippen LogP contribution in [0.25, 0.3) is 0 Å². The summed E-state index contributed by atoms with van der Waals surface area (Å²) in [6.45, 7) is 4.23. The molecule has 1 unspecified atom stereocenters. The summed E-state index contributed by atoms with van der Waals surface area (Å²) in [5, 5.41) is 1.06. The first-order chi connectivity index (χ1) is 8.58. The average molecular weight is 268 g/mol. The van der Waals surface area contributed by atoms with E-state index in [4.69, 9.17) is 12.2 Å². The summed E-state index contributed by atoms with van der Waals surface area (Å²) in [4.78, 5) is 0. The Morgan fingerprint density at radius 3 is 2.94 bits per heavy atom. The van der Waals surface area contributed by atoms with Crippen LogP contribution in [-0.4, -0.2) is 23.9 Å². The molecule has 1 aromatic rings. The molecule has 0 spiro atoms. The van der Waals surface area contributed by atoms with E-state index in [9.17, 15) is 8.94 Å². The minimum atomic E-state index is -1.41. The Morgan fingerprint density at radius 2 is 2.33 bits per heavy atom. The van der Waals surface area contributed by atoms with E-state index in [1.165, 1.54) is 6.07 Å². The first-order valence-corrected chi connectivity index (χ1v) is 6.93. The van der Waals surface area contributed by atoms with Crippen molar-refractivity contribution in [3.63, 3.8) is 0 Å². The van der Waals surface area contributed by atoms with Gasteiger partial charge in [0, 0.05) is 0 Å². The van der Waals surface area contributed by atoms with Crippen molar-refractivity contribution in [2.24, 2.45) is 0 Å². The first kappa shape index (κ1) is 15.2. The summed E-state index contributed by atoms with van der Waals surface area (Å²) < 4.78 is 32.7. The summed E-state index contributed by atoms with van der Waals surface area (Å²) in [5.74, 6) is -0.184. The SMILES string of the molecule is [B]=C[S+]([O-])N[C@@H](C)c1ccc(F)c(OCCC)c1. The monoisotopic (exact) mass is 268 g/mol. The fourth-order valence-corrected chi connectivity index (χ4v) is 1.96. The second kappa shape index (κ2) is 7.56. The quantitative estimate of drug-likeness (QED) is 0.606. The van der Waals surface area contributed by atoms with Gasteiger partial charge in [0.05, 0.1) is 0 Å².